The molecule has 4 aliphatic heterocycles. The molecule has 9 aromatic carbocycles. The number of carboxylic acids is 3. The van der Waals surface area contributed by atoms with Crippen molar-refractivity contribution in [2.24, 2.45) is 21.1 Å². The minimum atomic E-state index is -4.82. The maximum absolute atomic E-state index is 14.8. The number of aromatic carboxylic acids is 3. The number of rotatable bonds is 25. The van der Waals surface area contributed by atoms with Gasteiger partial charge in [-0.05, 0) is 306 Å². The molecule has 0 unspecified atom stereocenters. The van der Waals surface area contributed by atoms with E-state index >= 15 is 0 Å². The second-order valence-electron chi connectivity index (χ2n) is 38.5. The fourth-order valence-corrected chi connectivity index (χ4v) is 22.5. The average Bonchev–Trinajstić information content (AvgIpc) is 1.49. The number of nitrogens with zero attached hydrogens (tertiary/aromatic N) is 13. The molecule has 0 aliphatic carbocycles. The van der Waals surface area contributed by atoms with E-state index in [-0.39, 0.29) is 35.2 Å². The van der Waals surface area contributed by atoms with Gasteiger partial charge in [0.25, 0.3) is 17.7 Å². The first-order valence-corrected chi connectivity index (χ1v) is 51.3. The lowest BCUT2D eigenvalue weighted by molar-refractivity contribution is -0.137. The molecule has 0 spiro atoms. The fourth-order valence-electron chi connectivity index (χ4n) is 21.4. The van der Waals surface area contributed by atoms with Crippen LogP contribution in [0.15, 0.2) is 127 Å². The van der Waals surface area contributed by atoms with Gasteiger partial charge >= 0.3 is 24.1 Å². The normalized spacial score (nSPS) is 13.9. The number of anilines is 4. The smallest absolute Gasteiger partial charge is 0.416 e. The highest BCUT2D eigenvalue weighted by Gasteiger charge is 2.41. The molecule has 1 fully saturated rings. The van der Waals surface area contributed by atoms with E-state index in [4.69, 9.17) is 88.6 Å². The Kier molecular flexibility index (Phi) is 30.9. The van der Waals surface area contributed by atoms with Crippen LogP contribution in [0, 0.1) is 90.0 Å². The summed E-state index contributed by atoms with van der Waals surface area (Å²) in [7, 11) is 5.68. The summed E-state index contributed by atoms with van der Waals surface area (Å²) >= 11 is 40.1. The number of hydrogen-bond acceptors (Lipinski definition) is 14. The zero-order chi connectivity index (χ0) is 106. The van der Waals surface area contributed by atoms with Gasteiger partial charge in [0, 0.05) is 178 Å². The molecule has 0 bridgehead atoms. The summed E-state index contributed by atoms with van der Waals surface area (Å²) in [5, 5.41) is 50.0. The molecule has 1 saturated heterocycles. The lowest BCUT2D eigenvalue weighted by Crippen LogP contribution is -2.41. The number of hydrogen-bond donors (Lipinski definition) is 3. The van der Waals surface area contributed by atoms with E-state index in [1.54, 1.807) is 44.8 Å². The number of benzene rings is 9. The second kappa shape index (κ2) is 43.1. The Morgan fingerprint density at radius 3 is 1.01 bits per heavy atom. The third kappa shape index (κ3) is 20.7. The molecule has 26 nitrogen and oxygen atoms in total. The number of ether oxygens (including phenoxy) is 4. The molecule has 19 rings (SSSR count). The number of carbonyl (C=O) groups excluding carboxylic acids is 3. The van der Waals surface area contributed by atoms with Crippen molar-refractivity contribution in [2.45, 2.75) is 167 Å². The second-order valence-corrected chi connectivity index (χ2v) is 40.9. The van der Waals surface area contributed by atoms with E-state index in [0.717, 1.165) is 190 Å². The predicted octanol–water partition coefficient (Wildman–Crippen LogP) is 25.8. The number of carbonyl (C=O) groups is 6. The summed E-state index contributed by atoms with van der Waals surface area (Å²) < 4.78 is 77.4. The zero-order valence-corrected chi connectivity index (χ0v) is 89.6. The van der Waals surface area contributed by atoms with Gasteiger partial charge in [-0.3, -0.25) is 28.4 Å². The Morgan fingerprint density at radius 2 is 0.682 bits per heavy atom. The first kappa shape index (κ1) is 106. The number of halogens is 9. The van der Waals surface area contributed by atoms with E-state index in [9.17, 15) is 57.3 Å². The molecule has 148 heavy (non-hydrogen) atoms. The Bertz CT molecular complexity index is 7850. The molecule has 4 aliphatic rings. The summed E-state index contributed by atoms with van der Waals surface area (Å²) in [6, 6.07) is 35.8. The highest BCUT2D eigenvalue weighted by molar-refractivity contribution is 6.37. The maximum atomic E-state index is 14.8. The number of amides is 3. The van der Waals surface area contributed by atoms with Crippen molar-refractivity contribution in [3.63, 3.8) is 0 Å². The van der Waals surface area contributed by atoms with Crippen molar-refractivity contribution >= 4 is 161 Å². The van der Waals surface area contributed by atoms with Crippen molar-refractivity contribution in [3.05, 3.63) is 287 Å². The molecule has 0 saturated carbocycles. The Morgan fingerprint density at radius 1 is 0.372 bits per heavy atom. The van der Waals surface area contributed by atoms with Crippen LogP contribution in [0.2, 0.25) is 30.1 Å². The summed E-state index contributed by atoms with van der Waals surface area (Å²) in [5.41, 5.74) is 23.8. The molecular weight excluding hydrogens is 2020 g/mol. The monoisotopic (exact) mass is 2130 g/mol. The van der Waals surface area contributed by atoms with Gasteiger partial charge in [0.1, 0.15) is 34.3 Å². The number of alkyl halides is 3. The molecule has 35 heteroatoms. The molecule has 3 amide bonds. The van der Waals surface area contributed by atoms with E-state index < -0.39 is 41.1 Å². The first-order valence-electron chi connectivity index (χ1n) is 49.1. The van der Waals surface area contributed by atoms with E-state index in [2.05, 4.69) is 29.3 Å². The van der Waals surface area contributed by atoms with Crippen molar-refractivity contribution < 1.29 is 76.2 Å². The van der Waals surface area contributed by atoms with E-state index in [0.29, 0.717) is 196 Å². The van der Waals surface area contributed by atoms with Crippen molar-refractivity contribution in [1.29, 1.82) is 0 Å². The lowest BCUT2D eigenvalue weighted by Gasteiger charge is -2.33. The number of fused-ring (bicyclic) bond motifs is 9. The van der Waals surface area contributed by atoms with Crippen LogP contribution >= 0.6 is 69.6 Å². The van der Waals surface area contributed by atoms with Crippen molar-refractivity contribution in [3.8, 4) is 50.6 Å². The average molecular weight is 2130 g/mol. The number of aromatic nitrogens is 9. The Labute approximate surface area is 884 Å². The standard InChI is InChI=1S/C39H41Cl2N5O5.C37H35Cl2F3N4O4.C37H38Cl2N4O4/c1-22-17-29(18-23(2)35(22)41)51-14-6-7-30-31-8-9-32(40)34(33-24(3)42-43(5)25(33)4)36(31)46-11-10-45(38(47)37(30)46)28-20-26(39(48)49)19-27(21-28)44-12-15-50-16-13-44;1-19-14-26(15-20(2)32(19)39)50-13-6-8-27-28-9-10-29(38)31(30-21(3)43-44(5)22(30)4)33(28)46-12-7-11-45(35(47)34(27)46)25-17-23(36(48)49)16-24(18-25)37(40,41)42;1-20-15-25(37(45)46)19-26(16-20)42-12-8-13-43-34-29(10-11-30(38)32(34)31-23(4)40-41(6)24(31)5)28(35(43)36(42)44)9-7-14-47-27-17-21(2)33(39)22(3)18-27/h8-9,17-21H,6-7,10-16H2,1-5H3,(H,48,49);9-10,14-18H,6-8,11-13H2,1-5H3,(H,48,49);10-11,15-19H,7-9,12-14H2,1-6H3,(H,45,46). The molecule has 772 valence electrons. The topological polar surface area (TPSA) is 281 Å². The van der Waals surface area contributed by atoms with E-state index in [1.807, 2.05) is 204 Å². The van der Waals surface area contributed by atoms with Crippen LogP contribution in [0.4, 0.5) is 35.9 Å². The predicted molar refractivity (Wildman–Crippen MR) is 577 cm³/mol. The van der Waals surface area contributed by atoms with Crippen LogP contribution in [0.3, 0.4) is 0 Å². The van der Waals surface area contributed by atoms with Gasteiger partial charge in [-0.1, -0.05) is 87.8 Å². The van der Waals surface area contributed by atoms with Crippen LogP contribution in [0.1, 0.15) is 190 Å². The molecule has 6 aromatic heterocycles. The van der Waals surface area contributed by atoms with Crippen molar-refractivity contribution in [2.75, 3.05) is 85.4 Å². The van der Waals surface area contributed by atoms with Crippen molar-refractivity contribution in [1.82, 2.24) is 43.0 Å². The molecule has 3 N–H and O–H groups in total. The lowest BCUT2D eigenvalue weighted by atomic mass is 9.98. The Balaban J connectivity index is 0.000000152. The van der Waals surface area contributed by atoms with Crippen LogP contribution < -0.4 is 33.8 Å². The minimum absolute atomic E-state index is 0.0705. The fraction of sp³-hybridized carbons (Fsp3) is 0.336. The third-order valence-corrected chi connectivity index (χ3v) is 31.3. The number of carboxylic acid groups (broad SMARTS) is 3. The van der Waals surface area contributed by atoms with Crippen LogP contribution in [0.25, 0.3) is 66.1 Å². The first-order chi connectivity index (χ1) is 70.4. The van der Waals surface area contributed by atoms with Gasteiger partial charge in [-0.15, -0.1) is 0 Å². The quantitative estimate of drug-likeness (QED) is 0.0448. The van der Waals surface area contributed by atoms with Gasteiger partial charge < -0.3 is 67.6 Å². The summed E-state index contributed by atoms with van der Waals surface area (Å²) in [5.74, 6) is -2.29. The third-order valence-electron chi connectivity index (χ3n) is 28.5. The van der Waals surface area contributed by atoms with Gasteiger partial charge in [-0.25, -0.2) is 14.4 Å². The van der Waals surface area contributed by atoms with Gasteiger partial charge in [0.05, 0.1) is 104 Å². The largest absolute Gasteiger partial charge is 0.494 e. The maximum Gasteiger partial charge on any atom is 0.416 e. The van der Waals surface area contributed by atoms with Gasteiger partial charge in [0.2, 0.25) is 0 Å². The van der Waals surface area contributed by atoms with Gasteiger partial charge in [-0.2, -0.15) is 28.5 Å². The summed E-state index contributed by atoms with van der Waals surface area (Å²) in [6.45, 7) is 31.3. The van der Waals surface area contributed by atoms with E-state index in [1.165, 1.54) is 4.90 Å². The highest BCUT2D eigenvalue weighted by Crippen LogP contribution is 2.50. The van der Waals surface area contributed by atoms with Gasteiger partial charge in [0.15, 0.2) is 0 Å². The summed E-state index contributed by atoms with van der Waals surface area (Å²) in [6.07, 6.45) is -0.371. The number of morpholine rings is 1. The molecule has 0 atom stereocenters. The van der Waals surface area contributed by atoms with Crippen LogP contribution in [0.5, 0.6) is 17.2 Å². The Hall–Kier alpha value is -13.3. The zero-order valence-electron chi connectivity index (χ0n) is 85.1. The minimum Gasteiger partial charge on any atom is -0.494 e. The molecular formula is C113H114Cl6F3N13O13. The highest BCUT2D eigenvalue weighted by atomic mass is 35.5. The molecule has 0 radical (unpaired) electrons. The molecule has 15 aromatic rings. The molecule has 10 heterocycles. The summed E-state index contributed by atoms with van der Waals surface area (Å²) in [4.78, 5) is 87.1. The van der Waals surface area contributed by atoms with Crippen LogP contribution in [-0.2, 0) is 71.0 Å². The SMILES string of the molecule is Cc1cc(C(=O)O)cc(N2CCCn3c(c(CCCOc4cc(C)c(Cl)c(C)c4)c4ccc(Cl)c(-c5c(C)nn(C)c5C)c43)C2=O)c1.Cc1cc(OCCCc2c3n(c4c(-c5c(C)nn(C)c5C)c(Cl)ccc24)CCCN(c2cc(C(=O)O)cc(C(F)(F)F)c2)C3=O)cc(C)c1Cl.Cc1cc(OCCCc2c3n(c4c(-c5c(C)nn(C)c5C)c(Cl)ccc24)CCN(c2cc(C(=O)O)cc(N4CCOCC4)c2)C3=O)cc(C)c1Cl. The van der Waals surface area contributed by atoms with Crippen LogP contribution in [-0.4, -0.2) is 160 Å². The number of aryl methyl sites for hydroxylation is 18.